The highest BCUT2D eigenvalue weighted by Gasteiger charge is 2.62. The van der Waals surface area contributed by atoms with E-state index in [2.05, 4.69) is 24.0 Å². The van der Waals surface area contributed by atoms with Crippen LogP contribution in [0.25, 0.3) is 0 Å². The standard InChI is InChI=1S/C38H49N3O9/c1-5-26-24-39-20-18-38(34(39)23-28(26)30(25-47-2)35(42)49-4)31-14-10-11-15-33(31)40(37(38)44)19-12-8-6-7-9-13-21-50-36(43)29-22-27(48-3)16-17-32(29)41(45)46/h10-11,14-17,22,25-26,28,34H,5-9,12-13,18-21,23-24H2,1-4H3/b30-25+/t26-,28-,34?,38+/m0/s1. The number of ether oxygens (including phenoxy) is 4. The fourth-order valence-corrected chi connectivity index (χ4v) is 8.33. The van der Waals surface area contributed by atoms with Crippen LogP contribution in [0.4, 0.5) is 11.4 Å². The van der Waals surface area contributed by atoms with Crippen molar-refractivity contribution in [2.24, 2.45) is 11.8 Å². The molecule has 0 aromatic heterocycles. The van der Waals surface area contributed by atoms with Gasteiger partial charge in [-0.25, -0.2) is 9.59 Å². The lowest BCUT2D eigenvalue weighted by atomic mass is 9.67. The summed E-state index contributed by atoms with van der Waals surface area (Å²) in [6.07, 6.45) is 9.11. The van der Waals surface area contributed by atoms with Crippen molar-refractivity contribution < 1.29 is 38.3 Å². The van der Waals surface area contributed by atoms with Crippen LogP contribution in [0.2, 0.25) is 0 Å². The first-order valence-corrected chi connectivity index (χ1v) is 17.7. The van der Waals surface area contributed by atoms with Crippen molar-refractivity contribution in [3.8, 4) is 5.75 Å². The van der Waals surface area contributed by atoms with E-state index in [1.807, 2.05) is 17.0 Å². The third kappa shape index (κ3) is 7.21. The number of amides is 1. The first-order chi connectivity index (χ1) is 24.2. The van der Waals surface area contributed by atoms with Gasteiger partial charge in [0.05, 0.1) is 50.1 Å². The van der Waals surface area contributed by atoms with Gasteiger partial charge in [0, 0.05) is 37.0 Å². The zero-order valence-electron chi connectivity index (χ0n) is 29.6. The molecule has 50 heavy (non-hydrogen) atoms. The number of nitro benzene ring substituents is 1. The zero-order valence-corrected chi connectivity index (χ0v) is 29.6. The second kappa shape index (κ2) is 16.5. The number of rotatable bonds is 16. The summed E-state index contributed by atoms with van der Waals surface area (Å²) < 4.78 is 20.9. The molecule has 1 amide bonds. The minimum atomic E-state index is -0.737. The van der Waals surface area contributed by atoms with Gasteiger partial charge in [0.25, 0.3) is 5.69 Å². The Morgan fingerprint density at radius 1 is 1.04 bits per heavy atom. The van der Waals surface area contributed by atoms with Gasteiger partial charge in [-0.05, 0) is 61.8 Å². The van der Waals surface area contributed by atoms with Gasteiger partial charge in [-0.2, -0.15) is 0 Å². The normalized spacial score (nSPS) is 23.0. The van der Waals surface area contributed by atoms with E-state index in [1.165, 1.54) is 38.7 Å². The van der Waals surface area contributed by atoms with Gasteiger partial charge in [0.1, 0.15) is 11.3 Å². The van der Waals surface area contributed by atoms with Crippen LogP contribution in [0.3, 0.4) is 0 Å². The summed E-state index contributed by atoms with van der Waals surface area (Å²) in [6, 6.07) is 12.2. The number of anilines is 1. The number of benzene rings is 2. The third-order valence-electron chi connectivity index (χ3n) is 10.8. The Hall–Kier alpha value is -4.45. The maximum absolute atomic E-state index is 14.6. The summed E-state index contributed by atoms with van der Waals surface area (Å²) in [4.78, 5) is 55.1. The van der Waals surface area contributed by atoms with Gasteiger partial charge in [0.2, 0.25) is 5.91 Å². The maximum Gasteiger partial charge on any atom is 0.345 e. The lowest BCUT2D eigenvalue weighted by Crippen LogP contribution is -2.55. The average Bonchev–Trinajstić information content (AvgIpc) is 3.62. The Morgan fingerprint density at radius 2 is 1.78 bits per heavy atom. The average molecular weight is 692 g/mol. The van der Waals surface area contributed by atoms with Gasteiger partial charge < -0.3 is 23.8 Å². The molecule has 0 bridgehead atoms. The van der Waals surface area contributed by atoms with Crippen molar-refractivity contribution in [3.05, 3.63) is 75.5 Å². The molecule has 1 spiro atoms. The van der Waals surface area contributed by atoms with E-state index < -0.39 is 16.3 Å². The van der Waals surface area contributed by atoms with E-state index in [-0.39, 0.29) is 47.6 Å². The van der Waals surface area contributed by atoms with Crippen molar-refractivity contribution in [3.63, 3.8) is 0 Å². The molecule has 2 fully saturated rings. The highest BCUT2D eigenvalue weighted by molar-refractivity contribution is 6.09. The highest BCUT2D eigenvalue weighted by atomic mass is 16.6. The zero-order chi connectivity index (χ0) is 35.8. The molecule has 3 aliphatic rings. The molecule has 270 valence electrons. The summed E-state index contributed by atoms with van der Waals surface area (Å²) in [7, 11) is 4.37. The molecule has 2 aromatic carbocycles. The second-order valence-corrected chi connectivity index (χ2v) is 13.4. The van der Waals surface area contributed by atoms with Crippen LogP contribution in [0.1, 0.15) is 80.6 Å². The molecule has 5 rings (SSSR count). The highest BCUT2D eigenvalue weighted by Crippen LogP contribution is 2.55. The first kappa shape index (κ1) is 36.8. The van der Waals surface area contributed by atoms with Gasteiger partial charge in [-0.15, -0.1) is 0 Å². The number of esters is 2. The van der Waals surface area contributed by atoms with Crippen molar-refractivity contribution in [1.82, 2.24) is 4.90 Å². The number of carbonyl (C=O) groups is 3. The Bertz CT molecular complexity index is 1590. The van der Waals surface area contributed by atoms with Crippen molar-refractivity contribution >= 4 is 29.2 Å². The SMILES string of the molecule is CC[C@H]1CN2CC[C@]3(C(=O)N(CCCCCCCCOC(=O)c4cc(OC)ccc4[N+](=O)[O-])c4ccccc43)C2C[C@@H]1/C(=C\OC)C(=O)OC. The molecule has 0 N–H and O–H groups in total. The van der Waals surface area contributed by atoms with Crippen molar-refractivity contribution in [2.75, 3.05) is 52.5 Å². The quantitative estimate of drug-likeness (QED) is 0.0499. The number of para-hydroxylation sites is 1. The number of nitrogens with zero attached hydrogens (tertiary/aromatic N) is 3. The molecule has 1 unspecified atom stereocenters. The minimum Gasteiger partial charge on any atom is -0.504 e. The molecule has 0 aliphatic carbocycles. The van der Waals surface area contributed by atoms with Crippen molar-refractivity contribution in [1.29, 1.82) is 0 Å². The fraction of sp³-hybridized carbons (Fsp3) is 0.553. The molecule has 2 saturated heterocycles. The number of methoxy groups -OCH3 is 3. The largest absolute Gasteiger partial charge is 0.504 e. The Kier molecular flexibility index (Phi) is 12.2. The summed E-state index contributed by atoms with van der Waals surface area (Å²) in [5.41, 5.74) is 1.54. The van der Waals surface area contributed by atoms with Crippen LogP contribution < -0.4 is 9.64 Å². The lowest BCUT2D eigenvalue weighted by Gasteiger charge is -2.45. The number of piperidine rings is 1. The number of nitro groups is 1. The maximum atomic E-state index is 14.6. The predicted molar refractivity (Wildman–Crippen MR) is 187 cm³/mol. The van der Waals surface area contributed by atoms with E-state index in [9.17, 15) is 24.5 Å². The van der Waals surface area contributed by atoms with Crippen LogP contribution in [0.15, 0.2) is 54.3 Å². The number of hydrogen-bond donors (Lipinski definition) is 0. The Balaban J connectivity index is 1.14. The monoisotopic (exact) mass is 691 g/mol. The molecular formula is C38H49N3O9. The van der Waals surface area contributed by atoms with E-state index in [1.54, 1.807) is 7.11 Å². The topological polar surface area (TPSA) is 138 Å². The molecule has 0 radical (unpaired) electrons. The summed E-state index contributed by atoms with van der Waals surface area (Å²) in [5.74, 6) is -0.421. The summed E-state index contributed by atoms with van der Waals surface area (Å²) in [5, 5.41) is 11.3. The van der Waals surface area contributed by atoms with Crippen LogP contribution in [0, 0.1) is 22.0 Å². The van der Waals surface area contributed by atoms with Crippen LogP contribution >= 0.6 is 0 Å². The number of fused-ring (bicyclic) bond motifs is 4. The predicted octanol–water partition coefficient (Wildman–Crippen LogP) is 6.21. The van der Waals surface area contributed by atoms with Gasteiger partial charge in [-0.3, -0.25) is 19.8 Å². The van der Waals surface area contributed by atoms with Crippen LogP contribution in [-0.4, -0.2) is 81.3 Å². The Labute approximate surface area is 293 Å². The molecule has 12 nitrogen and oxygen atoms in total. The number of carbonyl (C=O) groups excluding carboxylic acids is 3. The van der Waals surface area contributed by atoms with Crippen LogP contribution in [-0.2, 0) is 29.2 Å². The lowest BCUT2D eigenvalue weighted by molar-refractivity contribution is -0.385. The van der Waals surface area contributed by atoms with Gasteiger partial charge >= 0.3 is 11.9 Å². The smallest absolute Gasteiger partial charge is 0.345 e. The summed E-state index contributed by atoms with van der Waals surface area (Å²) in [6.45, 7) is 4.63. The van der Waals surface area contributed by atoms with Crippen molar-refractivity contribution in [2.45, 2.75) is 76.2 Å². The number of unbranched alkanes of at least 4 members (excludes halogenated alkanes) is 5. The Morgan fingerprint density at radius 3 is 2.48 bits per heavy atom. The van der Waals surface area contributed by atoms with Gasteiger partial charge in [0.15, 0.2) is 0 Å². The molecule has 12 heteroatoms. The molecule has 2 aromatic rings. The molecule has 4 atom stereocenters. The third-order valence-corrected chi connectivity index (χ3v) is 10.8. The molecule has 3 heterocycles. The minimum absolute atomic E-state index is 0.0250. The fourth-order valence-electron chi connectivity index (χ4n) is 8.33. The van der Waals surface area contributed by atoms with E-state index >= 15 is 0 Å². The number of hydrogen-bond acceptors (Lipinski definition) is 10. The molecule has 0 saturated carbocycles. The van der Waals surface area contributed by atoms with Crippen LogP contribution in [0.5, 0.6) is 5.75 Å². The van der Waals surface area contributed by atoms with E-state index in [0.29, 0.717) is 30.7 Å². The van der Waals surface area contributed by atoms with E-state index in [0.717, 1.165) is 69.3 Å². The second-order valence-electron chi connectivity index (χ2n) is 13.4. The molecular weight excluding hydrogens is 642 g/mol. The van der Waals surface area contributed by atoms with Gasteiger partial charge in [-0.1, -0.05) is 57.2 Å². The molecule has 3 aliphatic heterocycles. The summed E-state index contributed by atoms with van der Waals surface area (Å²) >= 11 is 0. The van der Waals surface area contributed by atoms with E-state index in [4.69, 9.17) is 18.9 Å². The first-order valence-electron chi connectivity index (χ1n) is 17.7.